The van der Waals surface area contributed by atoms with Crippen LogP contribution in [0.3, 0.4) is 0 Å². The minimum absolute atomic E-state index is 0.244. The Morgan fingerprint density at radius 2 is 2.17 bits per heavy atom. The van der Waals surface area contributed by atoms with Crippen LogP contribution in [0.25, 0.3) is 0 Å². The zero-order valence-electron chi connectivity index (χ0n) is 12.5. The normalized spacial score (nSPS) is 30.1. The number of nitrogens with zero attached hydrogens (tertiary/aromatic N) is 1. The van der Waals surface area contributed by atoms with E-state index in [1.54, 1.807) is 16.8 Å². The number of pyridine rings is 1. The quantitative estimate of drug-likeness (QED) is 0.386. The molecule has 1 aromatic heterocycles. The van der Waals surface area contributed by atoms with Gasteiger partial charge in [-0.05, 0) is 6.07 Å². The van der Waals surface area contributed by atoms with Crippen molar-refractivity contribution in [3.05, 3.63) is 30.1 Å². The molecule has 2 rings (SSSR count). The van der Waals surface area contributed by atoms with Crippen LogP contribution in [0, 0.1) is 5.92 Å². The van der Waals surface area contributed by atoms with Crippen LogP contribution >= 0.6 is 7.82 Å². The van der Waals surface area contributed by atoms with Gasteiger partial charge in [-0.1, -0.05) is 0 Å². The fraction of sp³-hybridized carbons (Fsp3) is 0.538. The van der Waals surface area contributed by atoms with Crippen LogP contribution < -0.4 is 10.3 Å². The molecule has 5 atom stereocenters. The summed E-state index contributed by atoms with van der Waals surface area (Å²) in [7, 11) is -3.11. The third-order valence-corrected chi connectivity index (χ3v) is 4.88. The Morgan fingerprint density at radius 1 is 1.48 bits per heavy atom. The third-order valence-electron chi connectivity index (χ3n) is 3.94. The lowest BCUT2D eigenvalue weighted by Gasteiger charge is -2.16. The van der Waals surface area contributed by atoms with E-state index in [0.29, 0.717) is 6.42 Å². The fourth-order valence-electron chi connectivity index (χ4n) is 2.65. The summed E-state index contributed by atoms with van der Waals surface area (Å²) >= 11 is 0. The van der Waals surface area contributed by atoms with E-state index in [2.05, 4.69) is 4.52 Å². The van der Waals surface area contributed by atoms with Gasteiger partial charge in [-0.2, -0.15) is 4.57 Å². The predicted molar refractivity (Wildman–Crippen MR) is 77.1 cm³/mol. The predicted octanol–water partition coefficient (Wildman–Crippen LogP) is -0.881. The van der Waals surface area contributed by atoms with Crippen LogP contribution in [0.5, 0.6) is 0 Å². The van der Waals surface area contributed by atoms with Gasteiger partial charge in [0.1, 0.15) is 11.7 Å². The van der Waals surface area contributed by atoms with Crippen molar-refractivity contribution in [2.75, 3.05) is 13.7 Å². The van der Waals surface area contributed by atoms with E-state index in [1.807, 2.05) is 0 Å². The molecular formula is C13H20N2O7P+. The Balaban J connectivity index is 2.12. The van der Waals surface area contributed by atoms with Gasteiger partial charge in [-0.15, -0.1) is 0 Å². The molecule has 1 saturated carbocycles. The number of primary amides is 1. The number of carbonyl (C=O) groups excluding carboxylic acids is 1. The molecule has 5 unspecified atom stereocenters. The Morgan fingerprint density at radius 3 is 2.78 bits per heavy atom. The molecule has 9 nitrogen and oxygen atoms in total. The van der Waals surface area contributed by atoms with E-state index in [1.165, 1.54) is 12.3 Å². The Kier molecular flexibility index (Phi) is 5.51. The molecule has 10 heteroatoms. The van der Waals surface area contributed by atoms with Crippen molar-refractivity contribution in [1.82, 2.24) is 0 Å². The van der Waals surface area contributed by atoms with E-state index in [9.17, 15) is 24.5 Å². The van der Waals surface area contributed by atoms with Gasteiger partial charge in [0.25, 0.3) is 5.91 Å². The topological polar surface area (TPSA) is 143 Å². The Hall–Kier alpha value is -1.35. The van der Waals surface area contributed by atoms with Gasteiger partial charge in [0.15, 0.2) is 18.4 Å². The smallest absolute Gasteiger partial charge is 0.390 e. The maximum Gasteiger partial charge on any atom is 0.471 e. The number of rotatable bonds is 6. The number of phosphoric ester groups is 1. The molecular weight excluding hydrogens is 327 g/mol. The molecule has 1 aliphatic rings. The lowest BCUT2D eigenvalue weighted by Crippen LogP contribution is -2.45. The van der Waals surface area contributed by atoms with Gasteiger partial charge in [0.2, 0.25) is 0 Å². The first-order valence-corrected chi connectivity index (χ1v) is 8.44. The molecule has 1 amide bonds. The van der Waals surface area contributed by atoms with Crippen molar-refractivity contribution in [3.63, 3.8) is 0 Å². The number of hydrogen-bond acceptors (Lipinski definition) is 6. The minimum atomic E-state index is -4.15. The molecule has 0 bridgehead atoms. The number of aliphatic hydroxyl groups is 2. The molecule has 128 valence electrons. The SMILES string of the molecule is COP(=O)(O)OCC1CC([n+]2cccc(C(N)=O)c2)C(O)C1O. The summed E-state index contributed by atoms with van der Waals surface area (Å²) < 4.78 is 22.0. The molecule has 23 heavy (non-hydrogen) atoms. The van der Waals surface area contributed by atoms with Gasteiger partial charge >= 0.3 is 7.82 Å². The van der Waals surface area contributed by atoms with Crippen LogP contribution in [-0.4, -0.2) is 46.9 Å². The first-order valence-electron chi connectivity index (χ1n) is 6.95. The lowest BCUT2D eigenvalue weighted by atomic mass is 10.1. The monoisotopic (exact) mass is 347 g/mol. The third kappa shape index (κ3) is 4.14. The molecule has 1 fully saturated rings. The van der Waals surface area contributed by atoms with Crippen molar-refractivity contribution in [2.24, 2.45) is 11.7 Å². The van der Waals surface area contributed by atoms with Crippen LogP contribution in [0.4, 0.5) is 0 Å². The number of aromatic nitrogens is 1. The Labute approximate surface area is 132 Å². The molecule has 1 aliphatic carbocycles. The summed E-state index contributed by atoms with van der Waals surface area (Å²) in [5.41, 5.74) is 5.50. The highest BCUT2D eigenvalue weighted by molar-refractivity contribution is 7.47. The number of hydrogen-bond donors (Lipinski definition) is 4. The van der Waals surface area contributed by atoms with Crippen LogP contribution in [-0.2, 0) is 13.6 Å². The number of phosphoric acid groups is 1. The van der Waals surface area contributed by atoms with Crippen molar-refractivity contribution >= 4 is 13.7 Å². The van der Waals surface area contributed by atoms with Gasteiger partial charge in [0.05, 0.1) is 12.7 Å². The second-order valence-corrected chi connectivity index (χ2v) is 6.96. The van der Waals surface area contributed by atoms with Crippen LogP contribution in [0.2, 0.25) is 0 Å². The van der Waals surface area contributed by atoms with Crippen molar-refractivity contribution < 1.29 is 38.1 Å². The average molecular weight is 347 g/mol. The average Bonchev–Trinajstić information content (AvgIpc) is 2.81. The Bertz CT molecular complexity index is 626. The van der Waals surface area contributed by atoms with E-state index < -0.39 is 37.9 Å². The number of nitrogens with two attached hydrogens (primary N) is 1. The van der Waals surface area contributed by atoms with Crippen LogP contribution in [0.1, 0.15) is 22.8 Å². The molecule has 0 radical (unpaired) electrons. The fourth-order valence-corrected chi connectivity index (χ4v) is 3.13. The second-order valence-electron chi connectivity index (χ2n) is 5.40. The molecule has 0 spiro atoms. The zero-order chi connectivity index (χ0) is 17.2. The minimum Gasteiger partial charge on any atom is -0.390 e. The maximum atomic E-state index is 11.3. The number of carbonyl (C=O) groups is 1. The van der Waals surface area contributed by atoms with E-state index >= 15 is 0 Å². The van der Waals surface area contributed by atoms with Crippen molar-refractivity contribution in [1.29, 1.82) is 0 Å². The van der Waals surface area contributed by atoms with Crippen molar-refractivity contribution in [2.45, 2.75) is 24.7 Å². The summed E-state index contributed by atoms with van der Waals surface area (Å²) in [6.45, 7) is -0.244. The second kappa shape index (κ2) is 7.04. The van der Waals surface area contributed by atoms with Crippen molar-refractivity contribution in [3.8, 4) is 0 Å². The summed E-state index contributed by atoms with van der Waals surface area (Å²) in [4.78, 5) is 20.5. The van der Waals surface area contributed by atoms with Gasteiger partial charge in [-0.25, -0.2) is 4.57 Å². The molecule has 1 heterocycles. The van der Waals surface area contributed by atoms with Gasteiger partial charge < -0.3 is 20.8 Å². The highest BCUT2D eigenvalue weighted by Crippen LogP contribution is 2.44. The van der Waals surface area contributed by atoms with E-state index in [0.717, 1.165) is 7.11 Å². The summed E-state index contributed by atoms with van der Waals surface area (Å²) in [6, 6.07) is 2.63. The molecule has 0 aliphatic heterocycles. The summed E-state index contributed by atoms with van der Waals surface area (Å²) in [6.07, 6.45) is 1.17. The molecule has 1 aromatic rings. The lowest BCUT2D eigenvalue weighted by molar-refractivity contribution is -0.728. The highest BCUT2D eigenvalue weighted by Gasteiger charge is 2.47. The van der Waals surface area contributed by atoms with Gasteiger partial charge in [-0.3, -0.25) is 13.8 Å². The first kappa shape index (κ1) is 18.0. The van der Waals surface area contributed by atoms with Crippen LogP contribution in [0.15, 0.2) is 24.5 Å². The highest BCUT2D eigenvalue weighted by atomic mass is 31.2. The standard InChI is InChI=1S/C13H19N2O7P/c1-21-23(19,20)22-7-9-5-10(12(17)11(9)16)15-4-2-3-8(6-15)13(14)18/h2-4,6,9-12,16-17H,5,7H2,1H3,(H2-,14,18,19,20)/p+1. The van der Waals surface area contributed by atoms with E-state index in [-0.39, 0.29) is 12.2 Å². The molecule has 0 saturated heterocycles. The number of aliphatic hydroxyl groups excluding tert-OH is 2. The molecule has 5 N–H and O–H groups in total. The first-order chi connectivity index (χ1) is 10.7. The number of amides is 1. The zero-order valence-corrected chi connectivity index (χ0v) is 13.4. The largest absolute Gasteiger partial charge is 0.471 e. The van der Waals surface area contributed by atoms with E-state index in [4.69, 9.17) is 10.3 Å². The molecule has 0 aromatic carbocycles. The summed E-state index contributed by atoms with van der Waals surface area (Å²) in [5.74, 6) is -1.16. The maximum absolute atomic E-state index is 11.3. The summed E-state index contributed by atoms with van der Waals surface area (Å²) in [5, 5.41) is 20.3. The van der Waals surface area contributed by atoms with Gasteiger partial charge in [0, 0.05) is 25.5 Å².